The summed E-state index contributed by atoms with van der Waals surface area (Å²) in [6, 6.07) is 14.2. The van der Waals surface area contributed by atoms with E-state index < -0.39 is 32.4 Å². The Bertz CT molecular complexity index is 1030. The van der Waals surface area contributed by atoms with E-state index in [4.69, 9.17) is 21.1 Å². The van der Waals surface area contributed by atoms with Gasteiger partial charge in [0.15, 0.2) is 15.3 Å². The van der Waals surface area contributed by atoms with Crippen molar-refractivity contribution < 1.29 is 22.7 Å². The van der Waals surface area contributed by atoms with Gasteiger partial charge in [0, 0.05) is 10.9 Å². The lowest BCUT2D eigenvalue weighted by atomic mass is 10.0. The van der Waals surface area contributed by atoms with E-state index in [2.05, 4.69) is 0 Å². The molecule has 0 bridgehead atoms. The molecule has 3 atom stereocenters. The normalized spacial score (nSPS) is 23.5. The average Bonchev–Trinajstić information content (AvgIpc) is 3.40. The van der Waals surface area contributed by atoms with Crippen molar-refractivity contribution in [2.24, 2.45) is 5.41 Å². The second-order valence-corrected chi connectivity index (χ2v) is 8.88. The number of ether oxygens (including phenoxy) is 2. The van der Waals surface area contributed by atoms with E-state index in [-0.39, 0.29) is 11.5 Å². The van der Waals surface area contributed by atoms with Crippen LogP contribution in [0.3, 0.4) is 0 Å². The van der Waals surface area contributed by atoms with Crippen LogP contribution in [0.15, 0.2) is 53.4 Å². The lowest BCUT2D eigenvalue weighted by Gasteiger charge is -2.09. The molecular weight excluding hydrogens is 402 g/mol. The number of carbonyl (C=O) groups is 1. The van der Waals surface area contributed by atoms with E-state index in [1.807, 2.05) is 6.07 Å². The molecule has 2 aromatic rings. The first-order chi connectivity index (χ1) is 13.3. The zero-order valence-electron chi connectivity index (χ0n) is 15.3. The van der Waals surface area contributed by atoms with Crippen LogP contribution in [0.4, 0.5) is 0 Å². The van der Waals surface area contributed by atoms with Gasteiger partial charge in [-0.15, -0.1) is 0 Å². The standard InChI is InChI=1S/C20H18ClNO5S/c1-3-27-19(23)20(12-22)17(13-4-8-15(26-2)9-5-13)18(20)28(24,25)16-10-6-14(21)7-11-16/h4-11,17-18H,3H2,1-2H3/t17-,18+,20+/m1/s1. The second-order valence-electron chi connectivity index (χ2n) is 6.37. The quantitative estimate of drug-likeness (QED) is 0.666. The number of nitriles is 1. The highest BCUT2D eigenvalue weighted by atomic mass is 35.5. The third-order valence-corrected chi connectivity index (χ3v) is 7.38. The van der Waals surface area contributed by atoms with E-state index in [9.17, 15) is 18.5 Å². The number of hydrogen-bond donors (Lipinski definition) is 0. The van der Waals surface area contributed by atoms with Gasteiger partial charge >= 0.3 is 5.97 Å². The van der Waals surface area contributed by atoms with Crippen LogP contribution in [-0.2, 0) is 19.4 Å². The van der Waals surface area contributed by atoms with Crippen molar-refractivity contribution in [1.82, 2.24) is 0 Å². The van der Waals surface area contributed by atoms with Gasteiger partial charge in [0.2, 0.25) is 0 Å². The lowest BCUT2D eigenvalue weighted by Crippen LogP contribution is -2.25. The van der Waals surface area contributed by atoms with Gasteiger partial charge in [-0.05, 0) is 48.9 Å². The first-order valence-corrected chi connectivity index (χ1v) is 10.5. The molecule has 146 valence electrons. The predicted molar refractivity (Wildman–Crippen MR) is 103 cm³/mol. The van der Waals surface area contributed by atoms with Crippen molar-refractivity contribution in [3.63, 3.8) is 0 Å². The van der Waals surface area contributed by atoms with Gasteiger partial charge in [0.25, 0.3) is 0 Å². The first-order valence-electron chi connectivity index (χ1n) is 8.54. The monoisotopic (exact) mass is 419 g/mol. The summed E-state index contributed by atoms with van der Waals surface area (Å²) >= 11 is 5.85. The van der Waals surface area contributed by atoms with Gasteiger partial charge in [-0.25, -0.2) is 8.42 Å². The number of rotatable bonds is 6. The van der Waals surface area contributed by atoms with Crippen LogP contribution in [0.25, 0.3) is 0 Å². The fourth-order valence-corrected chi connectivity index (χ4v) is 5.84. The Morgan fingerprint density at radius 3 is 2.29 bits per heavy atom. The summed E-state index contributed by atoms with van der Waals surface area (Å²) in [4.78, 5) is 12.7. The molecule has 28 heavy (non-hydrogen) atoms. The van der Waals surface area contributed by atoms with E-state index in [0.717, 1.165) is 0 Å². The molecular formula is C20H18ClNO5S. The van der Waals surface area contributed by atoms with E-state index >= 15 is 0 Å². The Kier molecular flexibility index (Phi) is 5.37. The van der Waals surface area contributed by atoms with Crippen LogP contribution in [0, 0.1) is 16.7 Å². The topological polar surface area (TPSA) is 93.5 Å². The van der Waals surface area contributed by atoms with Crippen LogP contribution >= 0.6 is 11.6 Å². The van der Waals surface area contributed by atoms with Crippen LogP contribution < -0.4 is 4.74 Å². The van der Waals surface area contributed by atoms with E-state index in [1.165, 1.54) is 31.4 Å². The van der Waals surface area contributed by atoms with Gasteiger partial charge in [0.05, 0.1) is 24.7 Å². The SMILES string of the molecule is CCOC(=O)[C@@]1(C#N)[C@H](c2ccc(OC)cc2)[C@@H]1S(=O)(=O)c1ccc(Cl)cc1. The summed E-state index contributed by atoms with van der Waals surface area (Å²) in [5, 5.41) is 8.99. The van der Waals surface area contributed by atoms with Gasteiger partial charge in [-0.1, -0.05) is 23.7 Å². The fraction of sp³-hybridized carbons (Fsp3) is 0.300. The minimum absolute atomic E-state index is 0.00170. The highest BCUT2D eigenvalue weighted by molar-refractivity contribution is 7.92. The van der Waals surface area contributed by atoms with Crippen molar-refractivity contribution in [1.29, 1.82) is 5.26 Å². The summed E-state index contributed by atoms with van der Waals surface area (Å²) < 4.78 is 36.7. The zero-order valence-corrected chi connectivity index (χ0v) is 16.8. The second kappa shape index (κ2) is 7.46. The molecule has 2 aromatic carbocycles. The number of esters is 1. The van der Waals surface area contributed by atoms with Gasteiger partial charge in [-0.3, -0.25) is 4.79 Å². The summed E-state index contributed by atoms with van der Waals surface area (Å²) in [5.41, 5.74) is -1.25. The molecule has 0 unspecified atom stereocenters. The van der Waals surface area contributed by atoms with Gasteiger partial charge < -0.3 is 9.47 Å². The third kappa shape index (κ3) is 3.13. The number of nitrogens with zero attached hydrogens (tertiary/aromatic N) is 1. The van der Waals surface area contributed by atoms with Crippen molar-refractivity contribution >= 4 is 27.4 Å². The molecule has 6 nitrogen and oxygen atoms in total. The van der Waals surface area contributed by atoms with E-state index in [1.54, 1.807) is 31.2 Å². The summed E-state index contributed by atoms with van der Waals surface area (Å²) in [6.45, 7) is 1.65. The Balaban J connectivity index is 2.11. The van der Waals surface area contributed by atoms with Crippen LogP contribution in [0.2, 0.25) is 5.02 Å². The summed E-state index contributed by atoms with van der Waals surface area (Å²) in [6.07, 6.45) is 0. The van der Waals surface area contributed by atoms with Crippen molar-refractivity contribution in [3.05, 3.63) is 59.1 Å². The molecule has 1 fully saturated rings. The van der Waals surface area contributed by atoms with Crippen LogP contribution in [0.1, 0.15) is 18.4 Å². The Labute approximate surface area is 168 Å². The maximum atomic E-state index is 13.3. The molecule has 1 saturated carbocycles. The minimum atomic E-state index is -3.99. The first kappa shape index (κ1) is 20.2. The summed E-state index contributed by atoms with van der Waals surface area (Å²) in [5.74, 6) is -1.09. The van der Waals surface area contributed by atoms with Crippen molar-refractivity contribution in [2.75, 3.05) is 13.7 Å². The smallest absolute Gasteiger partial charge is 0.328 e. The summed E-state index contributed by atoms with van der Waals surface area (Å²) in [7, 11) is -2.48. The Hall–Kier alpha value is -2.56. The third-order valence-electron chi connectivity index (χ3n) is 4.88. The van der Waals surface area contributed by atoms with Crippen LogP contribution in [-0.4, -0.2) is 33.4 Å². The maximum absolute atomic E-state index is 13.3. The van der Waals surface area contributed by atoms with Crippen LogP contribution in [0.5, 0.6) is 5.75 Å². The molecule has 0 aliphatic heterocycles. The maximum Gasteiger partial charge on any atom is 0.328 e. The Morgan fingerprint density at radius 2 is 1.79 bits per heavy atom. The molecule has 0 spiro atoms. The van der Waals surface area contributed by atoms with Gasteiger partial charge in [-0.2, -0.15) is 5.26 Å². The molecule has 1 aliphatic carbocycles. The molecule has 0 amide bonds. The van der Waals surface area contributed by atoms with E-state index in [0.29, 0.717) is 16.3 Å². The number of benzene rings is 2. The molecule has 0 heterocycles. The largest absolute Gasteiger partial charge is 0.497 e. The Morgan fingerprint density at radius 1 is 1.18 bits per heavy atom. The van der Waals surface area contributed by atoms with Crippen molar-refractivity contribution in [2.45, 2.75) is 23.0 Å². The number of sulfone groups is 1. The number of halogens is 1. The molecule has 1 aliphatic rings. The number of hydrogen-bond acceptors (Lipinski definition) is 6. The number of carbonyl (C=O) groups excluding carboxylic acids is 1. The molecule has 0 N–H and O–H groups in total. The number of methoxy groups -OCH3 is 1. The molecule has 0 radical (unpaired) electrons. The molecule has 8 heteroatoms. The van der Waals surface area contributed by atoms with Crippen molar-refractivity contribution in [3.8, 4) is 11.8 Å². The molecule has 3 rings (SSSR count). The fourth-order valence-electron chi connectivity index (χ4n) is 3.47. The highest BCUT2D eigenvalue weighted by Crippen LogP contribution is 2.64. The average molecular weight is 420 g/mol. The predicted octanol–water partition coefficient (Wildman–Crippen LogP) is 3.36. The highest BCUT2D eigenvalue weighted by Gasteiger charge is 2.77. The molecule has 0 saturated heterocycles. The minimum Gasteiger partial charge on any atom is -0.497 e. The van der Waals surface area contributed by atoms with Gasteiger partial charge in [0.1, 0.15) is 11.0 Å². The zero-order chi connectivity index (χ0) is 20.5. The molecule has 0 aromatic heterocycles. The lowest BCUT2D eigenvalue weighted by molar-refractivity contribution is -0.147.